The predicted molar refractivity (Wildman–Crippen MR) is 51.7 cm³/mol. The summed E-state index contributed by atoms with van der Waals surface area (Å²) in [6.07, 6.45) is -6.42. The number of amides is 1. The fraction of sp³-hybridized carbons (Fsp3) is 0.222. The number of benzene rings is 1. The van der Waals surface area contributed by atoms with Crippen LogP contribution in [0, 0.1) is 0 Å². The van der Waals surface area contributed by atoms with Crippen molar-refractivity contribution in [2.45, 2.75) is 12.3 Å². The van der Waals surface area contributed by atoms with Crippen LogP contribution in [0.3, 0.4) is 0 Å². The standard InChI is InChI=1S/C9H4BrF4NO/c10-15-6-3-4(9(12,13)14)1-2-5(6)7(11)8(15)16/h1-3,7H. The smallest absolute Gasteiger partial charge is 0.270 e. The second kappa shape index (κ2) is 3.44. The molecule has 1 amide bonds. The maximum atomic E-state index is 13.3. The van der Waals surface area contributed by atoms with E-state index in [1.165, 1.54) is 0 Å². The molecule has 2 rings (SSSR count). The topological polar surface area (TPSA) is 20.3 Å². The third kappa shape index (κ3) is 1.59. The number of halogens is 5. The number of rotatable bonds is 0. The maximum absolute atomic E-state index is 13.3. The Morgan fingerprint density at radius 2 is 1.94 bits per heavy atom. The van der Waals surface area contributed by atoms with E-state index in [1.807, 2.05) is 0 Å². The number of alkyl halides is 4. The number of carbonyl (C=O) groups is 1. The van der Waals surface area contributed by atoms with Gasteiger partial charge >= 0.3 is 6.18 Å². The highest BCUT2D eigenvalue weighted by molar-refractivity contribution is 9.10. The first kappa shape index (κ1) is 11.4. The molecule has 0 aliphatic carbocycles. The fourth-order valence-corrected chi connectivity index (χ4v) is 1.94. The normalized spacial score (nSPS) is 20.2. The average molecular weight is 298 g/mol. The second-order valence-electron chi connectivity index (χ2n) is 3.25. The van der Waals surface area contributed by atoms with Gasteiger partial charge < -0.3 is 0 Å². The number of fused-ring (bicyclic) bond motifs is 1. The van der Waals surface area contributed by atoms with Gasteiger partial charge in [-0.2, -0.15) is 13.2 Å². The van der Waals surface area contributed by atoms with E-state index in [2.05, 4.69) is 16.1 Å². The predicted octanol–water partition coefficient (Wildman–Crippen LogP) is 3.37. The van der Waals surface area contributed by atoms with Gasteiger partial charge in [0, 0.05) is 5.56 Å². The summed E-state index contributed by atoms with van der Waals surface area (Å²) in [4.78, 5) is 11.1. The van der Waals surface area contributed by atoms with Crippen LogP contribution in [0.5, 0.6) is 0 Å². The molecular weight excluding hydrogens is 294 g/mol. The van der Waals surface area contributed by atoms with Gasteiger partial charge in [0.15, 0.2) is 0 Å². The molecule has 0 aromatic heterocycles. The molecule has 0 radical (unpaired) electrons. The van der Waals surface area contributed by atoms with Gasteiger partial charge in [0.25, 0.3) is 5.91 Å². The Kier molecular flexibility index (Phi) is 2.45. The van der Waals surface area contributed by atoms with Crippen molar-refractivity contribution in [3.63, 3.8) is 0 Å². The van der Waals surface area contributed by atoms with Crippen molar-refractivity contribution in [2.24, 2.45) is 0 Å². The molecule has 0 saturated heterocycles. The van der Waals surface area contributed by atoms with Crippen LogP contribution in [0.4, 0.5) is 23.2 Å². The molecule has 0 saturated carbocycles. The third-order valence-corrected chi connectivity index (χ3v) is 2.98. The summed E-state index contributed by atoms with van der Waals surface area (Å²) in [5.41, 5.74) is -1.08. The highest BCUT2D eigenvalue weighted by Gasteiger charge is 2.39. The lowest BCUT2D eigenvalue weighted by atomic mass is 10.1. The zero-order chi connectivity index (χ0) is 12.1. The minimum Gasteiger partial charge on any atom is -0.270 e. The summed E-state index contributed by atoms with van der Waals surface area (Å²) in [7, 11) is 0. The maximum Gasteiger partial charge on any atom is 0.416 e. The lowest BCUT2D eigenvalue weighted by molar-refractivity contribution is -0.137. The molecular formula is C9H4BrF4NO. The summed E-state index contributed by atoms with van der Waals surface area (Å²) in [6, 6.07) is 2.47. The quantitative estimate of drug-likeness (QED) is 0.531. The average Bonchev–Trinajstić information content (AvgIpc) is 2.43. The van der Waals surface area contributed by atoms with E-state index >= 15 is 0 Å². The highest BCUT2D eigenvalue weighted by atomic mass is 79.9. The van der Waals surface area contributed by atoms with Crippen LogP contribution in [0.2, 0.25) is 0 Å². The molecule has 0 spiro atoms. The Morgan fingerprint density at radius 1 is 1.31 bits per heavy atom. The molecule has 0 fully saturated rings. The second-order valence-corrected chi connectivity index (χ2v) is 3.96. The van der Waals surface area contributed by atoms with E-state index in [1.54, 1.807) is 0 Å². The van der Waals surface area contributed by atoms with E-state index in [-0.39, 0.29) is 11.3 Å². The molecule has 1 heterocycles. The van der Waals surface area contributed by atoms with Crippen molar-refractivity contribution in [1.82, 2.24) is 0 Å². The molecule has 16 heavy (non-hydrogen) atoms. The molecule has 0 N–H and O–H groups in total. The van der Waals surface area contributed by atoms with Crippen LogP contribution in [0.1, 0.15) is 17.3 Å². The minimum absolute atomic E-state index is 0.0603. The van der Waals surface area contributed by atoms with Crippen LogP contribution in [-0.2, 0) is 11.0 Å². The highest BCUT2D eigenvalue weighted by Crippen LogP contribution is 2.43. The van der Waals surface area contributed by atoms with Crippen molar-refractivity contribution in [3.8, 4) is 0 Å². The first-order valence-electron chi connectivity index (χ1n) is 4.17. The first-order chi connectivity index (χ1) is 7.32. The Balaban J connectivity index is 2.54. The Bertz CT molecular complexity index is 459. The van der Waals surface area contributed by atoms with E-state index in [0.717, 1.165) is 18.2 Å². The van der Waals surface area contributed by atoms with Crippen molar-refractivity contribution >= 4 is 27.7 Å². The largest absolute Gasteiger partial charge is 0.416 e. The van der Waals surface area contributed by atoms with Crippen molar-refractivity contribution in [3.05, 3.63) is 29.3 Å². The lowest BCUT2D eigenvalue weighted by Gasteiger charge is -2.10. The molecule has 0 bridgehead atoms. The van der Waals surface area contributed by atoms with E-state index < -0.39 is 23.8 Å². The van der Waals surface area contributed by atoms with Crippen molar-refractivity contribution in [1.29, 1.82) is 0 Å². The number of carbonyl (C=O) groups excluding carboxylic acids is 1. The van der Waals surface area contributed by atoms with Gasteiger partial charge in [0.1, 0.15) is 0 Å². The van der Waals surface area contributed by atoms with Gasteiger partial charge in [-0.1, -0.05) is 6.07 Å². The van der Waals surface area contributed by atoms with Crippen LogP contribution < -0.4 is 3.93 Å². The zero-order valence-electron chi connectivity index (χ0n) is 7.55. The summed E-state index contributed by atoms with van der Waals surface area (Å²) in [6.45, 7) is 0. The monoisotopic (exact) mass is 297 g/mol. The summed E-state index contributed by atoms with van der Waals surface area (Å²) >= 11 is 2.72. The fourth-order valence-electron chi connectivity index (χ4n) is 1.46. The zero-order valence-corrected chi connectivity index (χ0v) is 9.14. The van der Waals surface area contributed by atoms with Crippen LogP contribution in [0.25, 0.3) is 0 Å². The minimum atomic E-state index is -4.51. The summed E-state index contributed by atoms with van der Waals surface area (Å²) < 4.78 is 51.1. The number of hydrogen-bond acceptors (Lipinski definition) is 1. The molecule has 1 unspecified atom stereocenters. The number of anilines is 1. The van der Waals surface area contributed by atoms with Gasteiger partial charge in [-0.05, 0) is 12.1 Å². The van der Waals surface area contributed by atoms with Gasteiger partial charge in [0.05, 0.1) is 27.4 Å². The first-order valence-corrected chi connectivity index (χ1v) is 4.88. The van der Waals surface area contributed by atoms with Crippen LogP contribution in [0.15, 0.2) is 18.2 Å². The molecule has 1 atom stereocenters. The van der Waals surface area contributed by atoms with Gasteiger partial charge in [-0.25, -0.2) is 8.32 Å². The lowest BCUT2D eigenvalue weighted by Crippen LogP contribution is -2.15. The SMILES string of the molecule is O=C1C(F)c2ccc(C(F)(F)F)cc2N1Br. The molecule has 1 aromatic carbocycles. The molecule has 7 heteroatoms. The molecule has 1 aliphatic heterocycles. The molecule has 1 aromatic rings. The van der Waals surface area contributed by atoms with Gasteiger partial charge in [-0.15, -0.1) is 0 Å². The molecule has 2 nitrogen and oxygen atoms in total. The van der Waals surface area contributed by atoms with Gasteiger partial charge in [0.2, 0.25) is 6.17 Å². The third-order valence-electron chi connectivity index (χ3n) is 2.25. The van der Waals surface area contributed by atoms with E-state index in [9.17, 15) is 22.4 Å². The van der Waals surface area contributed by atoms with Crippen molar-refractivity contribution in [2.75, 3.05) is 3.93 Å². The van der Waals surface area contributed by atoms with Gasteiger partial charge in [-0.3, -0.25) is 4.79 Å². The summed E-state index contributed by atoms with van der Waals surface area (Å²) in [5.74, 6) is -0.922. The van der Waals surface area contributed by atoms with Crippen molar-refractivity contribution < 1.29 is 22.4 Å². The Hall–Kier alpha value is -1.11. The number of nitrogens with zero attached hydrogens (tertiary/aromatic N) is 1. The van der Waals surface area contributed by atoms with E-state index in [0.29, 0.717) is 3.93 Å². The molecule has 86 valence electrons. The number of hydrogen-bond donors (Lipinski definition) is 0. The van der Waals surface area contributed by atoms with Crippen LogP contribution in [-0.4, -0.2) is 5.91 Å². The van der Waals surface area contributed by atoms with E-state index in [4.69, 9.17) is 0 Å². The van der Waals surface area contributed by atoms with Crippen LogP contribution >= 0.6 is 16.1 Å². The Labute approximate surface area is 96.2 Å². The molecule has 1 aliphatic rings. The summed E-state index contributed by atoms with van der Waals surface area (Å²) in [5, 5.41) is 0. The Morgan fingerprint density at radius 3 is 2.50 bits per heavy atom.